The quantitative estimate of drug-likeness (QED) is 0.567. The van der Waals surface area contributed by atoms with Gasteiger partial charge in [-0.15, -0.1) is 0 Å². The van der Waals surface area contributed by atoms with Gasteiger partial charge in [0.25, 0.3) is 0 Å². The lowest BCUT2D eigenvalue weighted by molar-refractivity contribution is -0.0971. The predicted octanol–water partition coefficient (Wildman–Crippen LogP) is 3.52. The maximum atomic E-state index is 6.26. The Morgan fingerprint density at radius 2 is 1.63 bits per heavy atom. The van der Waals surface area contributed by atoms with Crippen LogP contribution in [0.25, 0.3) is 0 Å². The Balaban J connectivity index is 2.39. The normalized spacial score (nSPS) is 20.2. The first-order valence-corrected chi connectivity index (χ1v) is 7.96. The summed E-state index contributed by atoms with van der Waals surface area (Å²) in [7, 11) is 0. The van der Waals surface area contributed by atoms with E-state index in [0.29, 0.717) is 13.2 Å². The summed E-state index contributed by atoms with van der Waals surface area (Å²) >= 11 is 0. The molecule has 0 aromatic rings. The van der Waals surface area contributed by atoms with Crippen molar-refractivity contribution in [2.24, 2.45) is 0 Å². The zero-order valence-electron chi connectivity index (χ0n) is 13.4. The minimum Gasteiger partial charge on any atom is -0.373 e. The standard InChI is InChI=1S/C16H33NO2/c1-5-17-14-16(10-8-6-7-9-11-16)19-13-12-18-15(2,3)4/h17H,5-14H2,1-4H3. The molecule has 0 unspecified atom stereocenters. The van der Waals surface area contributed by atoms with Gasteiger partial charge in [-0.1, -0.05) is 32.6 Å². The fraction of sp³-hybridized carbons (Fsp3) is 1.00. The monoisotopic (exact) mass is 271 g/mol. The number of rotatable bonds is 7. The highest BCUT2D eigenvalue weighted by molar-refractivity contribution is 4.85. The summed E-state index contributed by atoms with van der Waals surface area (Å²) in [6.45, 7) is 11.8. The molecule has 0 atom stereocenters. The zero-order chi connectivity index (χ0) is 14.2. The summed E-state index contributed by atoms with van der Waals surface area (Å²) in [5.74, 6) is 0. The van der Waals surface area contributed by atoms with Crippen LogP contribution in [0.15, 0.2) is 0 Å². The minimum absolute atomic E-state index is 0.0494. The molecule has 0 radical (unpaired) electrons. The molecule has 114 valence electrons. The van der Waals surface area contributed by atoms with E-state index in [9.17, 15) is 0 Å². The molecule has 0 heterocycles. The van der Waals surface area contributed by atoms with E-state index in [1.165, 1.54) is 38.5 Å². The lowest BCUT2D eigenvalue weighted by Gasteiger charge is -2.34. The SMILES string of the molecule is CCNCC1(OCCOC(C)(C)C)CCCCCC1. The van der Waals surface area contributed by atoms with Gasteiger partial charge in [-0.05, 0) is 40.2 Å². The fourth-order valence-corrected chi connectivity index (χ4v) is 2.70. The van der Waals surface area contributed by atoms with Gasteiger partial charge in [0.15, 0.2) is 0 Å². The smallest absolute Gasteiger partial charge is 0.0807 e. The van der Waals surface area contributed by atoms with Crippen molar-refractivity contribution >= 4 is 0 Å². The molecular weight excluding hydrogens is 238 g/mol. The average Bonchev–Trinajstić information content (AvgIpc) is 2.57. The highest BCUT2D eigenvalue weighted by Gasteiger charge is 2.31. The molecule has 0 bridgehead atoms. The molecule has 3 heteroatoms. The molecule has 0 aromatic heterocycles. The summed E-state index contributed by atoms with van der Waals surface area (Å²) in [5, 5.41) is 3.48. The van der Waals surface area contributed by atoms with Crippen molar-refractivity contribution in [1.29, 1.82) is 0 Å². The van der Waals surface area contributed by atoms with Crippen LogP contribution >= 0.6 is 0 Å². The second-order valence-electron chi connectivity index (χ2n) is 6.69. The van der Waals surface area contributed by atoms with E-state index in [2.05, 4.69) is 33.0 Å². The third kappa shape index (κ3) is 7.28. The molecule has 1 fully saturated rings. The van der Waals surface area contributed by atoms with Crippen LogP contribution in [0.2, 0.25) is 0 Å². The predicted molar refractivity (Wildman–Crippen MR) is 80.6 cm³/mol. The molecule has 1 rings (SSSR count). The Morgan fingerprint density at radius 3 is 2.16 bits per heavy atom. The molecule has 1 aliphatic carbocycles. The summed E-state index contributed by atoms with van der Waals surface area (Å²) in [6.07, 6.45) is 7.69. The van der Waals surface area contributed by atoms with Gasteiger partial charge in [0, 0.05) is 6.54 Å². The molecule has 0 amide bonds. The largest absolute Gasteiger partial charge is 0.373 e. The van der Waals surface area contributed by atoms with Crippen molar-refractivity contribution in [1.82, 2.24) is 5.32 Å². The van der Waals surface area contributed by atoms with Gasteiger partial charge in [0.1, 0.15) is 0 Å². The van der Waals surface area contributed by atoms with Crippen LogP contribution < -0.4 is 5.32 Å². The highest BCUT2D eigenvalue weighted by atomic mass is 16.5. The number of hydrogen-bond donors (Lipinski definition) is 1. The van der Waals surface area contributed by atoms with Crippen LogP contribution in [0.5, 0.6) is 0 Å². The van der Waals surface area contributed by atoms with Gasteiger partial charge in [-0.2, -0.15) is 0 Å². The summed E-state index contributed by atoms with van der Waals surface area (Å²) in [4.78, 5) is 0. The Morgan fingerprint density at radius 1 is 1.00 bits per heavy atom. The second-order valence-corrected chi connectivity index (χ2v) is 6.69. The first-order chi connectivity index (χ1) is 8.97. The van der Waals surface area contributed by atoms with Crippen LogP contribution in [-0.2, 0) is 9.47 Å². The summed E-state index contributed by atoms with van der Waals surface area (Å²) in [5.41, 5.74) is -0.0185. The van der Waals surface area contributed by atoms with Gasteiger partial charge >= 0.3 is 0 Å². The summed E-state index contributed by atoms with van der Waals surface area (Å²) < 4.78 is 12.0. The van der Waals surface area contributed by atoms with Crippen LogP contribution in [0, 0.1) is 0 Å². The molecule has 1 aliphatic rings. The number of nitrogens with one attached hydrogen (secondary N) is 1. The molecule has 19 heavy (non-hydrogen) atoms. The molecule has 3 nitrogen and oxygen atoms in total. The topological polar surface area (TPSA) is 30.5 Å². The Labute approximate surface area is 119 Å². The first kappa shape index (κ1) is 16.9. The first-order valence-electron chi connectivity index (χ1n) is 7.96. The molecule has 1 saturated carbocycles. The number of ether oxygens (including phenoxy) is 2. The number of likely N-dealkylation sites (N-methyl/N-ethyl adjacent to an activating group) is 1. The van der Waals surface area contributed by atoms with Crippen molar-refractivity contribution < 1.29 is 9.47 Å². The van der Waals surface area contributed by atoms with E-state index in [1.54, 1.807) is 0 Å². The molecule has 0 aliphatic heterocycles. The van der Waals surface area contributed by atoms with Gasteiger partial charge in [-0.25, -0.2) is 0 Å². The molecule has 1 N–H and O–H groups in total. The lowest BCUT2D eigenvalue weighted by atomic mass is 9.94. The third-order valence-corrected chi connectivity index (χ3v) is 3.74. The second kappa shape index (κ2) is 8.23. The van der Waals surface area contributed by atoms with Crippen molar-refractivity contribution in [2.75, 3.05) is 26.3 Å². The van der Waals surface area contributed by atoms with Crippen molar-refractivity contribution in [3.05, 3.63) is 0 Å². The Hall–Kier alpha value is -0.120. The molecular formula is C16H33NO2. The number of hydrogen-bond acceptors (Lipinski definition) is 3. The molecule has 0 saturated heterocycles. The van der Waals surface area contributed by atoms with E-state index in [-0.39, 0.29) is 11.2 Å². The molecule has 0 spiro atoms. The maximum absolute atomic E-state index is 6.26. The summed E-state index contributed by atoms with van der Waals surface area (Å²) in [6, 6.07) is 0. The van der Waals surface area contributed by atoms with Crippen molar-refractivity contribution in [3.63, 3.8) is 0 Å². The van der Waals surface area contributed by atoms with Crippen LogP contribution in [0.1, 0.15) is 66.2 Å². The van der Waals surface area contributed by atoms with Crippen LogP contribution in [0.4, 0.5) is 0 Å². The Bertz CT molecular complexity index is 227. The van der Waals surface area contributed by atoms with Crippen molar-refractivity contribution in [2.45, 2.75) is 77.4 Å². The van der Waals surface area contributed by atoms with E-state index < -0.39 is 0 Å². The van der Waals surface area contributed by atoms with E-state index in [1.807, 2.05) is 0 Å². The minimum atomic E-state index is -0.0678. The maximum Gasteiger partial charge on any atom is 0.0807 e. The van der Waals surface area contributed by atoms with E-state index >= 15 is 0 Å². The average molecular weight is 271 g/mol. The van der Waals surface area contributed by atoms with Crippen molar-refractivity contribution in [3.8, 4) is 0 Å². The highest BCUT2D eigenvalue weighted by Crippen LogP contribution is 2.30. The van der Waals surface area contributed by atoms with Crippen LogP contribution in [-0.4, -0.2) is 37.5 Å². The van der Waals surface area contributed by atoms with Gasteiger partial charge in [0.05, 0.1) is 24.4 Å². The zero-order valence-corrected chi connectivity index (χ0v) is 13.4. The van der Waals surface area contributed by atoms with Crippen LogP contribution in [0.3, 0.4) is 0 Å². The molecule has 0 aromatic carbocycles. The Kier molecular flexibility index (Phi) is 7.33. The van der Waals surface area contributed by atoms with Gasteiger partial charge in [0.2, 0.25) is 0 Å². The van der Waals surface area contributed by atoms with E-state index in [4.69, 9.17) is 9.47 Å². The van der Waals surface area contributed by atoms with Gasteiger partial charge in [-0.3, -0.25) is 0 Å². The fourth-order valence-electron chi connectivity index (χ4n) is 2.70. The third-order valence-electron chi connectivity index (χ3n) is 3.74. The van der Waals surface area contributed by atoms with Gasteiger partial charge < -0.3 is 14.8 Å². The van der Waals surface area contributed by atoms with E-state index in [0.717, 1.165) is 13.1 Å². The lowest BCUT2D eigenvalue weighted by Crippen LogP contribution is -2.43.